The maximum atomic E-state index is 13.2. The van der Waals surface area contributed by atoms with E-state index in [-0.39, 0.29) is 0 Å². The molecule has 2 N–H and O–H groups in total. The lowest BCUT2D eigenvalue weighted by Gasteiger charge is -2.28. The minimum Gasteiger partial charge on any atom is -0.327 e. The van der Waals surface area contributed by atoms with Crippen LogP contribution in [0.15, 0.2) is 0 Å². The Kier molecular flexibility index (Phi) is 2.21. The van der Waals surface area contributed by atoms with Crippen LogP contribution in [0.3, 0.4) is 0 Å². The zero-order chi connectivity index (χ0) is 7.45. The molecule has 0 unspecified atom stereocenters. The molecule has 1 saturated heterocycles. The number of amides is 1. The van der Waals surface area contributed by atoms with Crippen LogP contribution in [-0.2, 0) is 4.79 Å². The van der Waals surface area contributed by atoms with Gasteiger partial charge < -0.3 is 10.6 Å². The Labute approximate surface area is 59.0 Å². The van der Waals surface area contributed by atoms with E-state index < -0.39 is 5.79 Å². The van der Waals surface area contributed by atoms with E-state index in [4.69, 9.17) is 0 Å². The lowest BCUT2D eigenvalue weighted by molar-refractivity contribution is -0.114. The summed E-state index contributed by atoms with van der Waals surface area (Å²) in [5.41, 5.74) is 0. The van der Waals surface area contributed by atoms with E-state index in [0.29, 0.717) is 32.3 Å². The van der Waals surface area contributed by atoms with Crippen molar-refractivity contribution in [1.82, 2.24) is 10.6 Å². The van der Waals surface area contributed by atoms with Gasteiger partial charge in [0.1, 0.15) is 0 Å². The Balaban J connectivity index is 2.39. The Morgan fingerprint density at radius 2 is 2.10 bits per heavy atom. The number of carbonyl (C=O) groups excluding carboxylic acids is 1. The van der Waals surface area contributed by atoms with E-state index in [1.807, 2.05) is 0 Å². The Hall–Kier alpha value is -0.640. The largest absolute Gasteiger partial charge is 0.327 e. The molecule has 1 rings (SSSR count). The van der Waals surface area contributed by atoms with Crippen molar-refractivity contribution in [1.29, 1.82) is 0 Å². The van der Waals surface area contributed by atoms with Crippen molar-refractivity contribution in [3.8, 4) is 0 Å². The van der Waals surface area contributed by atoms with Crippen LogP contribution >= 0.6 is 0 Å². The number of alkyl halides is 1. The standard InChI is InChI=1S/C6H11FN2O/c7-6(9-5-10)1-3-8-4-2-6/h5,8H,1-4H2,(H,9,10). The van der Waals surface area contributed by atoms with Crippen molar-refractivity contribution in [3.63, 3.8) is 0 Å². The molecule has 58 valence electrons. The molecule has 10 heavy (non-hydrogen) atoms. The van der Waals surface area contributed by atoms with E-state index in [1.165, 1.54) is 0 Å². The lowest BCUT2D eigenvalue weighted by atomic mass is 10.0. The second-order valence-electron chi connectivity index (χ2n) is 2.48. The predicted octanol–water partition coefficient (Wildman–Crippen LogP) is -0.218. The Morgan fingerprint density at radius 3 is 2.60 bits per heavy atom. The van der Waals surface area contributed by atoms with Gasteiger partial charge in [-0.15, -0.1) is 0 Å². The molecule has 0 spiro atoms. The summed E-state index contributed by atoms with van der Waals surface area (Å²) in [5, 5.41) is 5.18. The highest BCUT2D eigenvalue weighted by Crippen LogP contribution is 2.18. The normalized spacial score (nSPS) is 23.7. The number of piperidine rings is 1. The molecule has 0 aromatic heterocycles. The third kappa shape index (κ3) is 1.67. The summed E-state index contributed by atoms with van der Waals surface area (Å²) >= 11 is 0. The van der Waals surface area contributed by atoms with E-state index in [0.717, 1.165) is 0 Å². The van der Waals surface area contributed by atoms with Crippen molar-refractivity contribution in [3.05, 3.63) is 0 Å². The highest BCUT2D eigenvalue weighted by molar-refractivity contribution is 5.47. The molecule has 3 nitrogen and oxygen atoms in total. The predicted molar refractivity (Wildman–Crippen MR) is 35.1 cm³/mol. The number of halogens is 1. The smallest absolute Gasteiger partial charge is 0.209 e. The van der Waals surface area contributed by atoms with Crippen molar-refractivity contribution in [2.24, 2.45) is 0 Å². The highest BCUT2D eigenvalue weighted by atomic mass is 19.1. The fraction of sp³-hybridized carbons (Fsp3) is 0.833. The minimum absolute atomic E-state index is 0.367. The average molecular weight is 146 g/mol. The minimum atomic E-state index is -1.45. The molecule has 1 fully saturated rings. The van der Waals surface area contributed by atoms with Gasteiger partial charge in [0.2, 0.25) is 6.41 Å². The van der Waals surface area contributed by atoms with Gasteiger partial charge in [0.25, 0.3) is 0 Å². The summed E-state index contributed by atoms with van der Waals surface area (Å²) < 4.78 is 13.2. The van der Waals surface area contributed by atoms with Gasteiger partial charge in [0.15, 0.2) is 5.79 Å². The van der Waals surface area contributed by atoms with Gasteiger partial charge in [-0.25, -0.2) is 4.39 Å². The van der Waals surface area contributed by atoms with E-state index in [9.17, 15) is 9.18 Å². The SMILES string of the molecule is O=CNC1(F)CCNCC1. The molecule has 0 radical (unpaired) electrons. The van der Waals surface area contributed by atoms with E-state index >= 15 is 0 Å². The van der Waals surface area contributed by atoms with Crippen LogP contribution in [0.25, 0.3) is 0 Å². The van der Waals surface area contributed by atoms with Gasteiger partial charge in [0, 0.05) is 12.8 Å². The zero-order valence-corrected chi connectivity index (χ0v) is 5.69. The molecule has 0 aromatic carbocycles. The molecule has 1 aliphatic heterocycles. The number of nitrogens with one attached hydrogen (secondary N) is 2. The quantitative estimate of drug-likeness (QED) is 0.418. The molecule has 1 heterocycles. The van der Waals surface area contributed by atoms with Gasteiger partial charge in [-0.2, -0.15) is 0 Å². The first kappa shape index (κ1) is 7.47. The third-order valence-corrected chi connectivity index (χ3v) is 1.71. The maximum absolute atomic E-state index is 13.2. The van der Waals surface area contributed by atoms with Crippen molar-refractivity contribution >= 4 is 6.41 Å². The summed E-state index contributed by atoms with van der Waals surface area (Å²) in [6.07, 6.45) is 1.16. The van der Waals surface area contributed by atoms with Gasteiger partial charge >= 0.3 is 0 Å². The monoisotopic (exact) mass is 146 g/mol. The van der Waals surface area contributed by atoms with Crippen LogP contribution in [0.2, 0.25) is 0 Å². The molecule has 0 saturated carbocycles. The van der Waals surface area contributed by atoms with Gasteiger partial charge in [0.05, 0.1) is 0 Å². The molecule has 0 aliphatic carbocycles. The van der Waals surface area contributed by atoms with Crippen LogP contribution in [0.4, 0.5) is 4.39 Å². The maximum Gasteiger partial charge on any atom is 0.209 e. The highest BCUT2D eigenvalue weighted by Gasteiger charge is 2.30. The Bertz CT molecular complexity index is 123. The van der Waals surface area contributed by atoms with Crippen LogP contribution in [0.1, 0.15) is 12.8 Å². The third-order valence-electron chi connectivity index (χ3n) is 1.71. The topological polar surface area (TPSA) is 41.1 Å². The van der Waals surface area contributed by atoms with Gasteiger partial charge in [-0.05, 0) is 13.1 Å². The van der Waals surface area contributed by atoms with Crippen LogP contribution in [0, 0.1) is 0 Å². The fourth-order valence-corrected chi connectivity index (χ4v) is 1.07. The summed E-state index contributed by atoms with van der Waals surface area (Å²) in [4.78, 5) is 9.91. The Morgan fingerprint density at radius 1 is 1.50 bits per heavy atom. The van der Waals surface area contributed by atoms with Crippen molar-refractivity contribution in [2.45, 2.75) is 18.6 Å². The first-order valence-corrected chi connectivity index (χ1v) is 3.38. The van der Waals surface area contributed by atoms with Crippen molar-refractivity contribution in [2.75, 3.05) is 13.1 Å². The molecule has 1 amide bonds. The molecule has 0 bridgehead atoms. The van der Waals surface area contributed by atoms with E-state index in [2.05, 4.69) is 10.6 Å². The van der Waals surface area contributed by atoms with Crippen LogP contribution < -0.4 is 10.6 Å². The number of hydrogen-bond donors (Lipinski definition) is 2. The molecule has 0 atom stereocenters. The molecule has 1 aliphatic rings. The van der Waals surface area contributed by atoms with Crippen LogP contribution in [0.5, 0.6) is 0 Å². The van der Waals surface area contributed by atoms with Gasteiger partial charge in [-0.1, -0.05) is 0 Å². The first-order chi connectivity index (χ1) is 4.77. The van der Waals surface area contributed by atoms with Crippen LogP contribution in [-0.4, -0.2) is 25.3 Å². The van der Waals surface area contributed by atoms with Gasteiger partial charge in [-0.3, -0.25) is 4.79 Å². The molecule has 4 heteroatoms. The zero-order valence-electron chi connectivity index (χ0n) is 5.69. The number of carbonyl (C=O) groups is 1. The summed E-state index contributed by atoms with van der Waals surface area (Å²) in [6.45, 7) is 1.27. The second kappa shape index (κ2) is 2.96. The lowest BCUT2D eigenvalue weighted by Crippen LogP contribution is -2.48. The molecule has 0 aromatic rings. The van der Waals surface area contributed by atoms with Crippen molar-refractivity contribution < 1.29 is 9.18 Å². The first-order valence-electron chi connectivity index (χ1n) is 3.38. The summed E-state index contributed by atoms with van der Waals surface area (Å²) in [5.74, 6) is -1.45. The number of rotatable bonds is 2. The molecular formula is C6H11FN2O. The summed E-state index contributed by atoms with van der Waals surface area (Å²) in [6, 6.07) is 0. The summed E-state index contributed by atoms with van der Waals surface area (Å²) in [7, 11) is 0. The molecular weight excluding hydrogens is 135 g/mol. The second-order valence-corrected chi connectivity index (χ2v) is 2.48. The van der Waals surface area contributed by atoms with E-state index in [1.54, 1.807) is 0 Å². The number of hydrogen-bond acceptors (Lipinski definition) is 2. The average Bonchev–Trinajstić information content (AvgIpc) is 1.89. The fourth-order valence-electron chi connectivity index (χ4n) is 1.07.